The third-order valence-electron chi connectivity index (χ3n) is 10.9. The van der Waals surface area contributed by atoms with Crippen LogP contribution in [-0.2, 0) is 32.0 Å². The number of hydrogen-bond acceptors (Lipinski definition) is 8. The molecule has 2 aliphatic carbocycles. The first-order valence-electron chi connectivity index (χ1n) is 21.5. The molecular formula is C48H78N6O4. The summed E-state index contributed by atoms with van der Waals surface area (Å²) >= 11 is 0. The smallest absolute Gasteiger partial charge is 0.289 e. The van der Waals surface area contributed by atoms with E-state index in [4.69, 9.17) is 12.2 Å². The van der Waals surface area contributed by atoms with Crippen molar-refractivity contribution in [2.24, 2.45) is 34.8 Å². The van der Waals surface area contributed by atoms with Gasteiger partial charge in [-0.2, -0.15) is 0 Å². The Kier molecular flexibility index (Phi) is 23.1. The van der Waals surface area contributed by atoms with Crippen LogP contribution in [0.2, 0.25) is 0 Å². The van der Waals surface area contributed by atoms with Crippen LogP contribution in [0.3, 0.4) is 0 Å². The lowest BCUT2D eigenvalue weighted by atomic mass is 9.83. The highest BCUT2D eigenvalue weighted by atomic mass is 16.2. The topological polar surface area (TPSA) is 146 Å². The van der Waals surface area contributed by atoms with Crippen molar-refractivity contribution in [3.8, 4) is 12.3 Å². The minimum Gasteiger partial charge on any atom is -0.369 e. The predicted octanol–water partition coefficient (Wildman–Crippen LogP) is 6.85. The number of fused-ring (bicyclic) bond motifs is 2. The second-order valence-electron chi connectivity index (χ2n) is 17.0. The van der Waals surface area contributed by atoms with Crippen LogP contribution in [0.4, 0.5) is 0 Å². The van der Waals surface area contributed by atoms with Gasteiger partial charge in [-0.1, -0.05) is 112 Å². The molecule has 1 heterocycles. The van der Waals surface area contributed by atoms with Gasteiger partial charge in [0.05, 0.1) is 17.9 Å². The van der Waals surface area contributed by atoms with Crippen molar-refractivity contribution in [1.29, 1.82) is 0 Å². The molecule has 1 saturated heterocycles. The molecule has 1 aromatic carbocycles. The number of rotatable bonds is 19. The standard InChI is InChI=1S/C39H53N5O4.C5H12.C2H7N.C2H6/c1-9-11-16-32(36(46)38(48)40-19-10-2)43-37(47)35-31-22-30(31)23-44(35)25(4)34(29-20-27-14-12-13-15-28(27)21-29)42-26(5)41-33(39(6,7)8)18-17-24(3)45;1-4-5(2)3;1-2-3;1-2/h1,10,12-15,29-35,41-42H,2,4-5,11,16-23H2,3,6-8H3,(H,40,48)(H,43,47);5H,4H2,1-3H3;2-3H2,1H3;1-2H3/t30-,31-,32?,33?,34?,35?;;;/m0.../s1. The van der Waals surface area contributed by atoms with Crippen molar-refractivity contribution in [2.75, 3.05) is 19.6 Å². The minimum atomic E-state index is -1.03. The van der Waals surface area contributed by atoms with Crippen molar-refractivity contribution in [3.63, 3.8) is 0 Å². The van der Waals surface area contributed by atoms with Crippen molar-refractivity contribution in [1.82, 2.24) is 26.2 Å². The van der Waals surface area contributed by atoms with Gasteiger partial charge in [0.2, 0.25) is 11.7 Å². The average molecular weight is 803 g/mol. The van der Waals surface area contributed by atoms with Gasteiger partial charge in [0.25, 0.3) is 5.91 Å². The van der Waals surface area contributed by atoms with Crippen LogP contribution in [0.1, 0.15) is 119 Å². The van der Waals surface area contributed by atoms with Crippen LogP contribution in [0, 0.1) is 41.4 Å². The maximum Gasteiger partial charge on any atom is 0.289 e. The molecule has 58 heavy (non-hydrogen) atoms. The first kappa shape index (κ1) is 51.7. The molecule has 10 nitrogen and oxygen atoms in total. The summed E-state index contributed by atoms with van der Waals surface area (Å²) in [5.74, 6) is 3.06. The molecule has 0 radical (unpaired) electrons. The monoisotopic (exact) mass is 803 g/mol. The summed E-state index contributed by atoms with van der Waals surface area (Å²) in [5.41, 5.74) is 8.14. The SMILES string of the molecule is C#CCCC(NC(=O)C1[C@H]2C[C@H]2CN1C(=C)C(NC(=C)NC(CCC(C)=O)C(C)(C)C)C1Cc2ccccc2C1)C(=O)C(=O)NCC=C.CC.CCC(C)C.CCN. The van der Waals surface area contributed by atoms with Crippen molar-refractivity contribution < 1.29 is 19.2 Å². The number of Topliss-reactive ketones (excluding diaryl/α,β-unsaturated/α-hetero) is 2. The Balaban J connectivity index is 0.00000152. The van der Waals surface area contributed by atoms with Gasteiger partial charge >= 0.3 is 0 Å². The summed E-state index contributed by atoms with van der Waals surface area (Å²) in [7, 11) is 0. The molecule has 1 aromatic rings. The number of carbonyl (C=O) groups excluding carboxylic acids is 4. The Morgan fingerprint density at radius 2 is 1.59 bits per heavy atom. The zero-order valence-corrected chi connectivity index (χ0v) is 37.6. The van der Waals surface area contributed by atoms with Crippen molar-refractivity contribution in [2.45, 2.75) is 145 Å². The lowest BCUT2D eigenvalue weighted by molar-refractivity contribution is -0.140. The van der Waals surface area contributed by atoms with Gasteiger partial charge in [-0.3, -0.25) is 14.4 Å². The summed E-state index contributed by atoms with van der Waals surface area (Å²) in [6, 6.07) is 6.68. The van der Waals surface area contributed by atoms with Crippen LogP contribution in [0.15, 0.2) is 61.6 Å². The Morgan fingerprint density at radius 3 is 2.07 bits per heavy atom. The van der Waals surface area contributed by atoms with Crippen LogP contribution in [-0.4, -0.2) is 72.1 Å². The predicted molar refractivity (Wildman–Crippen MR) is 240 cm³/mol. The molecule has 3 aliphatic rings. The minimum absolute atomic E-state index is 0.00945. The Bertz CT molecular complexity index is 1530. The van der Waals surface area contributed by atoms with E-state index in [-0.39, 0.29) is 60.4 Å². The van der Waals surface area contributed by atoms with Crippen molar-refractivity contribution in [3.05, 3.63) is 72.7 Å². The molecule has 2 fully saturated rings. The lowest BCUT2D eigenvalue weighted by Crippen LogP contribution is -2.55. The molecule has 4 unspecified atom stereocenters. The van der Waals surface area contributed by atoms with Gasteiger partial charge < -0.3 is 36.7 Å². The first-order valence-corrected chi connectivity index (χ1v) is 21.5. The fourth-order valence-electron chi connectivity index (χ4n) is 7.25. The van der Waals surface area contributed by atoms with E-state index in [2.05, 4.69) is 118 Å². The van der Waals surface area contributed by atoms with Gasteiger partial charge in [-0.15, -0.1) is 18.9 Å². The van der Waals surface area contributed by atoms with E-state index < -0.39 is 23.8 Å². The molecule has 324 valence electrons. The van der Waals surface area contributed by atoms with Gasteiger partial charge in [0.15, 0.2) is 0 Å². The zero-order chi connectivity index (χ0) is 44.2. The second-order valence-corrected chi connectivity index (χ2v) is 17.0. The van der Waals surface area contributed by atoms with E-state index in [1.54, 1.807) is 6.92 Å². The maximum absolute atomic E-state index is 14.0. The molecule has 0 bridgehead atoms. The molecule has 0 spiro atoms. The number of nitrogens with one attached hydrogen (secondary N) is 4. The normalized spacial score (nSPS) is 18.9. The average Bonchev–Trinajstić information content (AvgIpc) is 3.62. The van der Waals surface area contributed by atoms with E-state index in [0.717, 1.165) is 37.4 Å². The highest BCUT2D eigenvalue weighted by Gasteiger charge is 2.57. The van der Waals surface area contributed by atoms with Gasteiger partial charge in [-0.05, 0) is 85.8 Å². The molecule has 6 atom stereocenters. The third-order valence-corrected chi connectivity index (χ3v) is 10.9. The number of carbonyl (C=O) groups is 4. The Labute approximate surface area is 352 Å². The molecule has 10 heteroatoms. The summed E-state index contributed by atoms with van der Waals surface area (Å²) in [6.07, 6.45) is 12.5. The van der Waals surface area contributed by atoms with Crippen molar-refractivity contribution >= 4 is 23.4 Å². The quantitative estimate of drug-likeness (QED) is 0.0581. The highest BCUT2D eigenvalue weighted by molar-refractivity contribution is 6.38. The molecule has 1 saturated carbocycles. The number of benzene rings is 1. The number of amides is 2. The lowest BCUT2D eigenvalue weighted by Gasteiger charge is -2.39. The van der Waals surface area contributed by atoms with E-state index in [9.17, 15) is 19.2 Å². The number of ketones is 2. The zero-order valence-electron chi connectivity index (χ0n) is 37.6. The summed E-state index contributed by atoms with van der Waals surface area (Å²) in [5, 5.41) is 12.6. The summed E-state index contributed by atoms with van der Waals surface area (Å²) < 4.78 is 0. The Morgan fingerprint density at radius 1 is 1.02 bits per heavy atom. The molecule has 4 rings (SSSR count). The van der Waals surface area contributed by atoms with E-state index >= 15 is 0 Å². The second kappa shape index (κ2) is 25.9. The van der Waals surface area contributed by atoms with Crippen LogP contribution < -0.4 is 27.0 Å². The van der Waals surface area contributed by atoms with E-state index in [1.807, 2.05) is 20.8 Å². The van der Waals surface area contributed by atoms with Crippen LogP contribution in [0.5, 0.6) is 0 Å². The third kappa shape index (κ3) is 16.5. The van der Waals surface area contributed by atoms with E-state index in [1.165, 1.54) is 23.6 Å². The molecule has 0 aromatic heterocycles. The Hall–Kier alpha value is -4.36. The number of hydrogen-bond donors (Lipinski definition) is 5. The fourth-order valence-corrected chi connectivity index (χ4v) is 7.25. The van der Waals surface area contributed by atoms with Gasteiger partial charge in [-0.25, -0.2) is 0 Å². The van der Waals surface area contributed by atoms with Crippen LogP contribution >= 0.6 is 0 Å². The fraction of sp³-hybridized carbons (Fsp3) is 0.625. The number of nitrogens with zero attached hydrogens (tertiary/aromatic N) is 1. The summed E-state index contributed by atoms with van der Waals surface area (Å²) in [6.45, 7) is 34.7. The number of terminal acetylenes is 1. The molecule has 1 aliphatic heterocycles. The largest absolute Gasteiger partial charge is 0.369 e. The first-order chi connectivity index (χ1) is 27.4. The molecular weight excluding hydrogens is 725 g/mol. The number of likely N-dealkylation sites (tertiary alicyclic amines) is 1. The van der Waals surface area contributed by atoms with E-state index in [0.29, 0.717) is 31.1 Å². The number of nitrogens with two attached hydrogens (primary N) is 1. The summed E-state index contributed by atoms with van der Waals surface area (Å²) in [4.78, 5) is 53.5. The molecule has 6 N–H and O–H groups in total. The number of piperidine rings is 1. The highest BCUT2D eigenvalue weighted by Crippen LogP contribution is 2.51. The van der Waals surface area contributed by atoms with Gasteiger partial charge in [0, 0.05) is 37.7 Å². The maximum atomic E-state index is 14.0. The molecule has 2 amide bonds. The van der Waals surface area contributed by atoms with Crippen LogP contribution in [0.25, 0.3) is 0 Å². The van der Waals surface area contributed by atoms with Gasteiger partial charge in [0.1, 0.15) is 11.8 Å².